The fraction of sp³-hybridized carbons (Fsp3) is 1.00. The molecule has 0 bridgehead atoms. The molecule has 1 rings (SSSR count). The zero-order chi connectivity index (χ0) is 12.6. The fourth-order valence-electron chi connectivity index (χ4n) is 2.67. The van der Waals surface area contributed by atoms with E-state index in [1.54, 1.807) is 0 Å². The van der Waals surface area contributed by atoms with Crippen molar-refractivity contribution in [1.29, 1.82) is 0 Å². The molecule has 96 valence electrons. The van der Waals surface area contributed by atoms with Crippen molar-refractivity contribution in [1.82, 2.24) is 10.2 Å². The van der Waals surface area contributed by atoms with E-state index < -0.39 is 0 Å². The molecule has 1 aliphatic heterocycles. The first-order chi connectivity index (χ1) is 7.20. The second kappa shape index (κ2) is 4.66. The summed E-state index contributed by atoms with van der Waals surface area (Å²) in [5, 5.41) is 3.74. The Morgan fingerprint density at radius 1 is 1.38 bits per heavy atom. The molecule has 1 N–H and O–H groups in total. The zero-order valence-electron chi connectivity index (χ0n) is 12.2. The Bertz CT molecular complexity index is 229. The van der Waals surface area contributed by atoms with Crippen molar-refractivity contribution < 1.29 is 0 Å². The Labute approximate surface area is 102 Å². The van der Waals surface area contributed by atoms with Gasteiger partial charge in [0.15, 0.2) is 0 Å². The summed E-state index contributed by atoms with van der Waals surface area (Å²) in [7, 11) is 0. The molecule has 1 heterocycles. The number of hydrogen-bond acceptors (Lipinski definition) is 2. The van der Waals surface area contributed by atoms with Crippen LogP contribution in [0.4, 0.5) is 0 Å². The fourth-order valence-corrected chi connectivity index (χ4v) is 2.67. The van der Waals surface area contributed by atoms with Crippen LogP contribution < -0.4 is 5.32 Å². The van der Waals surface area contributed by atoms with Crippen LogP contribution in [-0.2, 0) is 0 Å². The Kier molecular flexibility index (Phi) is 4.07. The molecular formula is C14H30N2. The molecule has 2 atom stereocenters. The summed E-state index contributed by atoms with van der Waals surface area (Å²) in [4.78, 5) is 2.68. The number of nitrogens with one attached hydrogen (secondary N) is 1. The third-order valence-electron chi connectivity index (χ3n) is 4.23. The highest BCUT2D eigenvalue weighted by Gasteiger charge is 2.40. The van der Waals surface area contributed by atoms with Crippen molar-refractivity contribution >= 4 is 0 Å². The number of hydrogen-bond donors (Lipinski definition) is 1. The average molecular weight is 226 g/mol. The lowest BCUT2D eigenvalue weighted by atomic mass is 9.81. The van der Waals surface area contributed by atoms with E-state index in [1.165, 1.54) is 13.0 Å². The van der Waals surface area contributed by atoms with Crippen LogP contribution in [0.2, 0.25) is 0 Å². The van der Waals surface area contributed by atoms with Gasteiger partial charge in [0.1, 0.15) is 0 Å². The van der Waals surface area contributed by atoms with Crippen molar-refractivity contribution in [3.8, 4) is 0 Å². The normalized spacial score (nSPS) is 33.4. The first kappa shape index (κ1) is 14.0. The van der Waals surface area contributed by atoms with Crippen LogP contribution in [0.25, 0.3) is 0 Å². The first-order valence-corrected chi connectivity index (χ1v) is 6.71. The third kappa shape index (κ3) is 2.78. The molecule has 2 unspecified atom stereocenters. The lowest BCUT2D eigenvalue weighted by Gasteiger charge is -2.52. The van der Waals surface area contributed by atoms with E-state index in [-0.39, 0.29) is 0 Å². The van der Waals surface area contributed by atoms with Gasteiger partial charge in [0.2, 0.25) is 0 Å². The van der Waals surface area contributed by atoms with Crippen molar-refractivity contribution in [3.05, 3.63) is 0 Å². The summed E-state index contributed by atoms with van der Waals surface area (Å²) in [5.41, 5.74) is 0.679. The van der Waals surface area contributed by atoms with Crippen LogP contribution in [0.5, 0.6) is 0 Å². The summed E-state index contributed by atoms with van der Waals surface area (Å²) in [6.07, 6.45) is 1.22. The Hall–Kier alpha value is -0.0800. The van der Waals surface area contributed by atoms with Crippen molar-refractivity contribution in [2.45, 2.75) is 72.5 Å². The number of nitrogens with zero attached hydrogens (tertiary/aromatic N) is 1. The molecule has 16 heavy (non-hydrogen) atoms. The minimum absolute atomic E-state index is 0.329. The van der Waals surface area contributed by atoms with Gasteiger partial charge in [-0.3, -0.25) is 4.90 Å². The molecule has 2 nitrogen and oxygen atoms in total. The predicted molar refractivity (Wildman–Crippen MR) is 71.8 cm³/mol. The van der Waals surface area contributed by atoms with Crippen LogP contribution in [-0.4, -0.2) is 35.6 Å². The lowest BCUT2D eigenvalue weighted by Crippen LogP contribution is -2.67. The molecule has 0 aromatic heterocycles. The maximum atomic E-state index is 3.74. The minimum atomic E-state index is 0.329. The van der Waals surface area contributed by atoms with Gasteiger partial charge < -0.3 is 5.32 Å². The molecule has 0 aromatic carbocycles. The molecule has 0 saturated carbocycles. The van der Waals surface area contributed by atoms with Crippen LogP contribution in [0.15, 0.2) is 0 Å². The van der Waals surface area contributed by atoms with Crippen LogP contribution in [0, 0.1) is 5.41 Å². The SMILES string of the molecule is CCC1(C)CNC(C(C)(C)C)CN1C(C)C. The summed E-state index contributed by atoms with van der Waals surface area (Å²) >= 11 is 0. The summed E-state index contributed by atoms with van der Waals surface area (Å²) in [5.74, 6) is 0. The molecule has 1 aliphatic rings. The molecule has 0 aromatic rings. The van der Waals surface area contributed by atoms with Gasteiger partial charge in [0, 0.05) is 30.7 Å². The van der Waals surface area contributed by atoms with E-state index >= 15 is 0 Å². The molecule has 0 spiro atoms. The molecule has 1 saturated heterocycles. The van der Waals surface area contributed by atoms with Gasteiger partial charge >= 0.3 is 0 Å². The maximum absolute atomic E-state index is 3.74. The monoisotopic (exact) mass is 226 g/mol. The van der Waals surface area contributed by atoms with Gasteiger partial charge in [-0.25, -0.2) is 0 Å². The highest BCUT2D eigenvalue weighted by Crippen LogP contribution is 2.30. The second-order valence-corrected chi connectivity index (χ2v) is 6.90. The predicted octanol–water partition coefficient (Wildman–Crippen LogP) is 2.88. The topological polar surface area (TPSA) is 15.3 Å². The summed E-state index contributed by atoms with van der Waals surface area (Å²) in [6, 6.07) is 1.24. The molecule has 1 fully saturated rings. The van der Waals surface area contributed by atoms with Gasteiger partial charge in [-0.1, -0.05) is 27.7 Å². The second-order valence-electron chi connectivity index (χ2n) is 6.90. The van der Waals surface area contributed by atoms with E-state index in [9.17, 15) is 0 Å². The summed E-state index contributed by atoms with van der Waals surface area (Å²) in [6.45, 7) is 18.6. The van der Waals surface area contributed by atoms with Crippen molar-refractivity contribution in [2.75, 3.05) is 13.1 Å². The van der Waals surface area contributed by atoms with Gasteiger partial charge in [0.25, 0.3) is 0 Å². The smallest absolute Gasteiger partial charge is 0.0306 e. The van der Waals surface area contributed by atoms with Crippen molar-refractivity contribution in [2.24, 2.45) is 5.41 Å². The minimum Gasteiger partial charge on any atom is -0.310 e. The highest BCUT2D eigenvalue weighted by molar-refractivity contribution is 4.99. The van der Waals surface area contributed by atoms with Gasteiger partial charge in [0.05, 0.1) is 0 Å². The van der Waals surface area contributed by atoms with Crippen LogP contribution in [0.1, 0.15) is 54.9 Å². The molecule has 2 heteroatoms. The largest absolute Gasteiger partial charge is 0.310 e. The summed E-state index contributed by atoms with van der Waals surface area (Å²) < 4.78 is 0. The van der Waals surface area contributed by atoms with Crippen LogP contribution >= 0.6 is 0 Å². The van der Waals surface area contributed by atoms with E-state index in [2.05, 4.69) is 58.7 Å². The molecular weight excluding hydrogens is 196 g/mol. The van der Waals surface area contributed by atoms with E-state index in [0.717, 1.165) is 6.54 Å². The van der Waals surface area contributed by atoms with Crippen LogP contribution in [0.3, 0.4) is 0 Å². The Morgan fingerprint density at radius 3 is 2.31 bits per heavy atom. The zero-order valence-corrected chi connectivity index (χ0v) is 12.2. The Balaban J connectivity index is 2.81. The quantitative estimate of drug-likeness (QED) is 0.779. The van der Waals surface area contributed by atoms with E-state index in [1.807, 2.05) is 0 Å². The van der Waals surface area contributed by atoms with Crippen molar-refractivity contribution in [3.63, 3.8) is 0 Å². The maximum Gasteiger partial charge on any atom is 0.0306 e. The standard InChI is InChI=1S/C14H30N2/c1-8-14(7)10-15-12(13(4,5)6)9-16(14)11(2)3/h11-12,15H,8-10H2,1-7H3. The van der Waals surface area contributed by atoms with Gasteiger partial charge in [-0.2, -0.15) is 0 Å². The number of rotatable bonds is 2. The molecule has 0 amide bonds. The Morgan fingerprint density at radius 2 is 1.94 bits per heavy atom. The average Bonchev–Trinajstić information content (AvgIpc) is 2.16. The first-order valence-electron chi connectivity index (χ1n) is 6.71. The highest BCUT2D eigenvalue weighted by atomic mass is 15.3. The van der Waals surface area contributed by atoms with Gasteiger partial charge in [-0.05, 0) is 32.6 Å². The molecule has 0 radical (unpaired) electrons. The molecule has 0 aliphatic carbocycles. The number of piperazine rings is 1. The van der Waals surface area contributed by atoms with E-state index in [4.69, 9.17) is 0 Å². The lowest BCUT2D eigenvalue weighted by molar-refractivity contribution is -0.000441. The van der Waals surface area contributed by atoms with Gasteiger partial charge in [-0.15, -0.1) is 0 Å². The third-order valence-corrected chi connectivity index (χ3v) is 4.23. The van der Waals surface area contributed by atoms with E-state index in [0.29, 0.717) is 23.0 Å².